The van der Waals surface area contributed by atoms with Gasteiger partial charge in [-0.1, -0.05) is 26.7 Å². The van der Waals surface area contributed by atoms with Crippen LogP contribution in [0.25, 0.3) is 0 Å². The van der Waals surface area contributed by atoms with Gasteiger partial charge in [-0.3, -0.25) is 10.1 Å². The number of carbonyl (C=O) groups is 1. The number of urea groups is 1. The van der Waals surface area contributed by atoms with Crippen molar-refractivity contribution in [2.75, 3.05) is 12.4 Å². The molecule has 0 radical (unpaired) electrons. The predicted molar refractivity (Wildman–Crippen MR) is 87.8 cm³/mol. The zero-order valence-electron chi connectivity index (χ0n) is 13.7. The number of nitro benzene ring substituents is 1. The van der Waals surface area contributed by atoms with E-state index in [1.54, 1.807) is 6.07 Å². The number of anilines is 1. The van der Waals surface area contributed by atoms with Gasteiger partial charge in [0.2, 0.25) is 0 Å². The van der Waals surface area contributed by atoms with Gasteiger partial charge in [-0.2, -0.15) is 0 Å². The first-order valence-electron chi connectivity index (χ1n) is 7.82. The molecule has 0 heterocycles. The first kappa shape index (κ1) is 17.1. The maximum Gasteiger partial charge on any atom is 0.319 e. The molecule has 1 aliphatic rings. The highest BCUT2D eigenvalue weighted by Gasteiger charge is 2.28. The number of nitrogens with zero attached hydrogens (tertiary/aromatic N) is 1. The zero-order valence-corrected chi connectivity index (χ0v) is 13.7. The third-order valence-electron chi connectivity index (χ3n) is 4.67. The monoisotopic (exact) mass is 321 g/mol. The molecule has 3 atom stereocenters. The van der Waals surface area contributed by atoms with E-state index >= 15 is 0 Å². The summed E-state index contributed by atoms with van der Waals surface area (Å²) in [6.07, 6.45) is 3.19. The molecular weight excluding hydrogens is 298 g/mol. The molecule has 0 bridgehead atoms. The highest BCUT2D eigenvalue weighted by atomic mass is 16.6. The summed E-state index contributed by atoms with van der Waals surface area (Å²) < 4.78 is 4.98. The van der Waals surface area contributed by atoms with Crippen LogP contribution in [0.2, 0.25) is 0 Å². The highest BCUT2D eigenvalue weighted by Crippen LogP contribution is 2.31. The number of amides is 2. The molecule has 0 aliphatic heterocycles. The van der Waals surface area contributed by atoms with Crippen LogP contribution >= 0.6 is 0 Å². The SMILES string of the molecule is COc1ccc(NC(=O)N[C@@H]2CCC[C@H](C)[C@H]2C)c([N+](=O)[O-])c1. The van der Waals surface area contributed by atoms with E-state index in [4.69, 9.17) is 4.74 Å². The van der Waals surface area contributed by atoms with Gasteiger partial charge in [0.25, 0.3) is 5.69 Å². The molecule has 1 saturated carbocycles. The van der Waals surface area contributed by atoms with Gasteiger partial charge in [0.05, 0.1) is 18.1 Å². The van der Waals surface area contributed by atoms with Crippen LogP contribution in [0.3, 0.4) is 0 Å². The smallest absolute Gasteiger partial charge is 0.319 e. The summed E-state index contributed by atoms with van der Waals surface area (Å²) in [5.74, 6) is 1.32. The second-order valence-electron chi connectivity index (χ2n) is 6.11. The van der Waals surface area contributed by atoms with Crippen molar-refractivity contribution in [2.24, 2.45) is 11.8 Å². The molecule has 7 heteroatoms. The van der Waals surface area contributed by atoms with Gasteiger partial charge in [0, 0.05) is 6.04 Å². The number of hydrogen-bond donors (Lipinski definition) is 2. The van der Waals surface area contributed by atoms with Crippen LogP contribution in [0.1, 0.15) is 33.1 Å². The fourth-order valence-electron chi connectivity index (χ4n) is 3.01. The Morgan fingerprint density at radius 1 is 1.35 bits per heavy atom. The molecule has 1 aromatic carbocycles. The molecule has 2 amide bonds. The van der Waals surface area contributed by atoms with Crippen molar-refractivity contribution >= 4 is 17.4 Å². The Hall–Kier alpha value is -2.31. The predicted octanol–water partition coefficient (Wildman–Crippen LogP) is 3.55. The number of hydrogen-bond acceptors (Lipinski definition) is 4. The number of benzene rings is 1. The first-order chi connectivity index (χ1) is 10.9. The second kappa shape index (κ2) is 7.30. The molecule has 1 aromatic rings. The number of ether oxygens (including phenoxy) is 1. The third-order valence-corrected chi connectivity index (χ3v) is 4.67. The van der Waals surface area contributed by atoms with Gasteiger partial charge in [-0.25, -0.2) is 4.79 Å². The quantitative estimate of drug-likeness (QED) is 0.655. The van der Waals surface area contributed by atoms with Crippen LogP contribution in [-0.2, 0) is 0 Å². The first-order valence-corrected chi connectivity index (χ1v) is 7.82. The molecule has 7 nitrogen and oxygen atoms in total. The standard InChI is InChI=1S/C16H23N3O4/c1-10-5-4-6-13(11(10)2)17-16(20)18-14-8-7-12(23-3)9-15(14)19(21)22/h7-11,13H,4-6H2,1-3H3,(H2,17,18,20)/t10-,11+,13+/m0/s1. The van der Waals surface area contributed by atoms with Crippen molar-refractivity contribution in [3.05, 3.63) is 28.3 Å². The second-order valence-corrected chi connectivity index (χ2v) is 6.11. The molecule has 126 valence electrons. The molecule has 2 rings (SSSR count). The number of methoxy groups -OCH3 is 1. The lowest BCUT2D eigenvalue weighted by Gasteiger charge is -2.34. The van der Waals surface area contributed by atoms with Gasteiger partial charge >= 0.3 is 6.03 Å². The Kier molecular flexibility index (Phi) is 5.41. The summed E-state index contributed by atoms with van der Waals surface area (Å²) in [7, 11) is 1.44. The molecule has 0 unspecified atom stereocenters. The summed E-state index contributed by atoms with van der Waals surface area (Å²) in [6, 6.07) is 4.03. The number of carbonyl (C=O) groups excluding carboxylic acids is 1. The summed E-state index contributed by atoms with van der Waals surface area (Å²) in [4.78, 5) is 22.8. The maximum absolute atomic E-state index is 12.2. The van der Waals surface area contributed by atoms with Crippen molar-refractivity contribution in [3.63, 3.8) is 0 Å². The molecule has 23 heavy (non-hydrogen) atoms. The van der Waals surface area contributed by atoms with E-state index < -0.39 is 11.0 Å². The Balaban J connectivity index is 2.06. The van der Waals surface area contributed by atoms with E-state index in [0.717, 1.165) is 12.8 Å². The third kappa shape index (κ3) is 4.12. The zero-order chi connectivity index (χ0) is 17.0. The van der Waals surface area contributed by atoms with Gasteiger partial charge in [0.1, 0.15) is 11.4 Å². The van der Waals surface area contributed by atoms with Crippen molar-refractivity contribution in [3.8, 4) is 5.75 Å². The minimum Gasteiger partial charge on any atom is -0.496 e. The molecular formula is C16H23N3O4. The van der Waals surface area contributed by atoms with E-state index in [0.29, 0.717) is 17.6 Å². The normalized spacial score (nSPS) is 23.9. The lowest BCUT2D eigenvalue weighted by atomic mass is 9.78. The fraction of sp³-hybridized carbons (Fsp3) is 0.562. The van der Waals surface area contributed by atoms with Gasteiger partial charge < -0.3 is 15.4 Å². The topological polar surface area (TPSA) is 93.5 Å². The largest absolute Gasteiger partial charge is 0.496 e. The molecule has 1 aliphatic carbocycles. The van der Waals surface area contributed by atoms with Crippen molar-refractivity contribution in [1.29, 1.82) is 0 Å². The van der Waals surface area contributed by atoms with Gasteiger partial charge in [0.15, 0.2) is 0 Å². The van der Waals surface area contributed by atoms with Crippen molar-refractivity contribution < 1.29 is 14.5 Å². The highest BCUT2D eigenvalue weighted by molar-refractivity contribution is 5.92. The van der Waals surface area contributed by atoms with Crippen LogP contribution in [0.4, 0.5) is 16.2 Å². The number of rotatable bonds is 4. The molecule has 0 aromatic heterocycles. The van der Waals surface area contributed by atoms with Gasteiger partial charge in [-0.15, -0.1) is 0 Å². The van der Waals surface area contributed by atoms with Crippen molar-refractivity contribution in [2.45, 2.75) is 39.2 Å². The average Bonchev–Trinajstić information content (AvgIpc) is 2.52. The van der Waals surface area contributed by atoms with E-state index in [9.17, 15) is 14.9 Å². The summed E-state index contributed by atoms with van der Waals surface area (Å²) >= 11 is 0. The fourth-order valence-corrected chi connectivity index (χ4v) is 3.01. The van der Waals surface area contributed by atoms with E-state index in [1.165, 1.54) is 25.7 Å². The molecule has 1 fully saturated rings. The lowest BCUT2D eigenvalue weighted by Crippen LogP contribution is -2.45. The van der Waals surface area contributed by atoms with Crippen LogP contribution in [0.15, 0.2) is 18.2 Å². The van der Waals surface area contributed by atoms with Crippen molar-refractivity contribution in [1.82, 2.24) is 5.32 Å². The number of nitro groups is 1. The minimum atomic E-state index is -0.538. The summed E-state index contributed by atoms with van der Waals surface area (Å²) in [5.41, 5.74) is -0.0330. The average molecular weight is 321 g/mol. The van der Waals surface area contributed by atoms with E-state index in [2.05, 4.69) is 24.5 Å². The molecule has 0 saturated heterocycles. The van der Waals surface area contributed by atoms with Crippen LogP contribution in [0.5, 0.6) is 5.75 Å². The Bertz CT molecular complexity index is 591. The Labute approximate surface area is 135 Å². The summed E-state index contributed by atoms with van der Waals surface area (Å²) in [5, 5.41) is 16.7. The van der Waals surface area contributed by atoms with Crippen LogP contribution < -0.4 is 15.4 Å². The minimum absolute atomic E-state index is 0.0936. The Morgan fingerprint density at radius 2 is 2.09 bits per heavy atom. The van der Waals surface area contributed by atoms with E-state index in [1.807, 2.05) is 0 Å². The summed E-state index contributed by atoms with van der Waals surface area (Å²) in [6.45, 7) is 4.31. The Morgan fingerprint density at radius 3 is 2.74 bits per heavy atom. The van der Waals surface area contributed by atoms with Crippen LogP contribution in [0, 0.1) is 22.0 Å². The molecule has 2 N–H and O–H groups in total. The number of nitrogens with one attached hydrogen (secondary N) is 2. The van der Waals surface area contributed by atoms with Gasteiger partial charge in [-0.05, 0) is 30.4 Å². The maximum atomic E-state index is 12.2. The molecule has 0 spiro atoms. The lowest BCUT2D eigenvalue weighted by molar-refractivity contribution is -0.384. The van der Waals surface area contributed by atoms with Crippen LogP contribution in [-0.4, -0.2) is 24.1 Å². The van der Waals surface area contributed by atoms with E-state index in [-0.39, 0.29) is 17.4 Å².